The van der Waals surface area contributed by atoms with E-state index in [4.69, 9.17) is 0 Å². The molecule has 0 aliphatic heterocycles. The van der Waals surface area contributed by atoms with Crippen LogP contribution >= 0.6 is 0 Å². The maximum atomic E-state index is 10.3. The molecule has 0 amide bonds. The lowest BCUT2D eigenvalue weighted by atomic mass is 10.0. The molecule has 5 aromatic rings. The summed E-state index contributed by atoms with van der Waals surface area (Å²) in [6.07, 6.45) is 1.57. The number of tetrazole rings is 1. The van der Waals surface area contributed by atoms with Crippen LogP contribution < -0.4 is 5.43 Å². The zero-order chi connectivity index (χ0) is 19.6. The number of phenols is 1. The number of rotatable bonds is 4. The predicted octanol–water partition coefficient (Wildman–Crippen LogP) is 4.12. The number of nitrogens with zero attached hydrogens (tertiary/aromatic N) is 5. The Morgan fingerprint density at radius 2 is 1.55 bits per heavy atom. The molecule has 7 nitrogen and oxygen atoms in total. The number of fused-ring (bicyclic) bond motifs is 2. The van der Waals surface area contributed by atoms with E-state index >= 15 is 0 Å². The highest BCUT2D eigenvalue weighted by Crippen LogP contribution is 2.26. The molecule has 0 aliphatic carbocycles. The molecule has 0 bridgehead atoms. The van der Waals surface area contributed by atoms with Crippen molar-refractivity contribution in [2.45, 2.75) is 0 Å². The first kappa shape index (κ1) is 16.9. The number of hydrazone groups is 1. The van der Waals surface area contributed by atoms with Crippen LogP contribution in [-0.2, 0) is 0 Å². The smallest absolute Gasteiger partial charge is 0.268 e. The van der Waals surface area contributed by atoms with Crippen molar-refractivity contribution >= 4 is 33.7 Å². The topological polar surface area (TPSA) is 88.2 Å². The number of anilines is 1. The molecule has 1 aromatic heterocycles. The van der Waals surface area contributed by atoms with Gasteiger partial charge in [0.1, 0.15) is 5.75 Å². The molecule has 0 atom stereocenters. The zero-order valence-electron chi connectivity index (χ0n) is 15.3. The van der Waals surface area contributed by atoms with E-state index in [0.717, 1.165) is 27.2 Å². The zero-order valence-corrected chi connectivity index (χ0v) is 15.3. The molecular weight excluding hydrogens is 364 g/mol. The second-order valence-electron chi connectivity index (χ2n) is 6.50. The van der Waals surface area contributed by atoms with Gasteiger partial charge in [-0.3, -0.25) is 0 Å². The number of nitrogens with one attached hydrogen (secondary N) is 1. The largest absolute Gasteiger partial charge is 0.507 e. The number of hydrogen-bond donors (Lipinski definition) is 2. The van der Waals surface area contributed by atoms with Crippen molar-refractivity contribution in [2.75, 3.05) is 5.43 Å². The maximum Gasteiger partial charge on any atom is 0.268 e. The number of phenolic OH excluding ortho intramolecular Hbond substituents is 1. The second kappa shape index (κ2) is 7.05. The molecule has 5 rings (SSSR count). The van der Waals surface area contributed by atoms with Crippen LogP contribution in [0.1, 0.15) is 5.56 Å². The summed E-state index contributed by atoms with van der Waals surface area (Å²) in [6.45, 7) is 0. The molecule has 0 saturated carbocycles. The van der Waals surface area contributed by atoms with Gasteiger partial charge in [-0.25, -0.2) is 5.43 Å². The van der Waals surface area contributed by atoms with Crippen LogP contribution in [0.2, 0.25) is 0 Å². The van der Waals surface area contributed by atoms with E-state index in [2.05, 4.69) is 26.1 Å². The molecule has 0 spiro atoms. The van der Waals surface area contributed by atoms with Gasteiger partial charge < -0.3 is 5.11 Å². The molecule has 0 saturated heterocycles. The monoisotopic (exact) mass is 380 g/mol. The Morgan fingerprint density at radius 3 is 2.41 bits per heavy atom. The molecule has 1 heterocycles. The fraction of sp³-hybridized carbons (Fsp3) is 0. The third-order valence-electron chi connectivity index (χ3n) is 4.77. The van der Waals surface area contributed by atoms with Gasteiger partial charge in [0.2, 0.25) is 0 Å². The van der Waals surface area contributed by atoms with Crippen LogP contribution in [0.25, 0.3) is 27.2 Å². The van der Waals surface area contributed by atoms with Crippen molar-refractivity contribution in [3.63, 3.8) is 0 Å². The molecule has 7 heteroatoms. The molecule has 140 valence electrons. The average molecular weight is 380 g/mol. The van der Waals surface area contributed by atoms with Gasteiger partial charge in [0.25, 0.3) is 5.95 Å². The van der Waals surface area contributed by atoms with Crippen molar-refractivity contribution in [1.82, 2.24) is 20.2 Å². The summed E-state index contributed by atoms with van der Waals surface area (Å²) < 4.78 is 1.60. The third-order valence-corrected chi connectivity index (χ3v) is 4.77. The lowest BCUT2D eigenvalue weighted by molar-refractivity contribution is 0.475. The van der Waals surface area contributed by atoms with E-state index in [0.29, 0.717) is 11.5 Å². The number of hydrogen-bond acceptors (Lipinski definition) is 6. The molecule has 4 aromatic carbocycles. The van der Waals surface area contributed by atoms with Crippen molar-refractivity contribution in [1.29, 1.82) is 0 Å². The van der Waals surface area contributed by atoms with Gasteiger partial charge >= 0.3 is 0 Å². The van der Waals surface area contributed by atoms with Crippen molar-refractivity contribution < 1.29 is 5.11 Å². The first-order valence-corrected chi connectivity index (χ1v) is 9.07. The van der Waals surface area contributed by atoms with Crippen LogP contribution in [0.4, 0.5) is 5.95 Å². The Balaban J connectivity index is 1.50. The van der Waals surface area contributed by atoms with Crippen LogP contribution in [0, 0.1) is 0 Å². The first-order valence-electron chi connectivity index (χ1n) is 9.07. The van der Waals surface area contributed by atoms with Crippen LogP contribution in [-0.4, -0.2) is 31.5 Å². The van der Waals surface area contributed by atoms with Crippen molar-refractivity contribution in [2.24, 2.45) is 5.10 Å². The highest BCUT2D eigenvalue weighted by atomic mass is 16.3. The van der Waals surface area contributed by atoms with Gasteiger partial charge in [-0.1, -0.05) is 71.8 Å². The molecular formula is C22H16N6O. The SMILES string of the molecule is Oc1ccc2ccccc2c1/C=N\Nc1nnnn1-c1cccc2ccccc12. The van der Waals surface area contributed by atoms with Crippen LogP contribution in [0.3, 0.4) is 0 Å². The third kappa shape index (κ3) is 3.04. The fourth-order valence-electron chi connectivity index (χ4n) is 3.39. The summed E-state index contributed by atoms with van der Waals surface area (Å²) in [5.74, 6) is 0.528. The summed E-state index contributed by atoms with van der Waals surface area (Å²) in [5, 5.41) is 30.5. The number of benzene rings is 4. The standard InChI is InChI=1S/C22H16N6O/c29-21-13-12-16-7-1-3-9-17(16)19(21)14-23-24-22-25-26-27-28(22)20-11-5-8-15-6-2-4-10-18(15)20/h1-14,29H,(H,24,25,27)/b23-14-. The lowest BCUT2D eigenvalue weighted by Gasteiger charge is -2.08. The fourth-order valence-corrected chi connectivity index (χ4v) is 3.39. The average Bonchev–Trinajstić information content (AvgIpc) is 3.23. The molecule has 0 aliphatic rings. The summed E-state index contributed by atoms with van der Waals surface area (Å²) in [4.78, 5) is 0. The summed E-state index contributed by atoms with van der Waals surface area (Å²) in [6, 6.07) is 25.3. The minimum Gasteiger partial charge on any atom is -0.507 e. The second-order valence-corrected chi connectivity index (χ2v) is 6.50. The van der Waals surface area contributed by atoms with Crippen LogP contribution in [0.15, 0.2) is 84.0 Å². The summed E-state index contributed by atoms with van der Waals surface area (Å²) >= 11 is 0. The van der Waals surface area contributed by atoms with Crippen molar-refractivity contribution in [3.8, 4) is 11.4 Å². The van der Waals surface area contributed by atoms with E-state index in [1.165, 1.54) is 0 Å². The van der Waals surface area contributed by atoms with E-state index in [-0.39, 0.29) is 5.75 Å². The summed E-state index contributed by atoms with van der Waals surface area (Å²) in [5.41, 5.74) is 4.35. The maximum absolute atomic E-state index is 10.3. The van der Waals surface area contributed by atoms with Gasteiger partial charge in [-0.2, -0.15) is 9.78 Å². The quantitative estimate of drug-likeness (QED) is 0.362. The minimum absolute atomic E-state index is 0.155. The number of aromatic nitrogens is 4. The van der Waals surface area contributed by atoms with E-state index < -0.39 is 0 Å². The van der Waals surface area contributed by atoms with Gasteiger partial charge in [0, 0.05) is 10.9 Å². The Bertz CT molecular complexity index is 1350. The molecule has 2 N–H and O–H groups in total. The van der Waals surface area contributed by atoms with E-state index in [1.54, 1.807) is 17.0 Å². The van der Waals surface area contributed by atoms with Gasteiger partial charge in [-0.05, 0) is 38.7 Å². The van der Waals surface area contributed by atoms with E-state index in [1.807, 2.05) is 72.8 Å². The Kier molecular flexibility index (Phi) is 4.10. The Morgan fingerprint density at radius 1 is 0.828 bits per heavy atom. The highest BCUT2D eigenvalue weighted by Gasteiger charge is 2.10. The minimum atomic E-state index is 0.155. The van der Waals surface area contributed by atoms with Crippen LogP contribution in [0.5, 0.6) is 5.75 Å². The number of aromatic hydroxyl groups is 1. The Labute approximate surface area is 165 Å². The lowest BCUT2D eigenvalue weighted by Crippen LogP contribution is -2.04. The molecule has 0 radical (unpaired) electrons. The van der Waals surface area contributed by atoms with Gasteiger partial charge in [0.15, 0.2) is 0 Å². The summed E-state index contributed by atoms with van der Waals surface area (Å²) in [7, 11) is 0. The molecule has 0 unspecified atom stereocenters. The van der Waals surface area contributed by atoms with Gasteiger partial charge in [-0.15, -0.1) is 0 Å². The highest BCUT2D eigenvalue weighted by molar-refractivity contribution is 6.02. The van der Waals surface area contributed by atoms with Crippen molar-refractivity contribution in [3.05, 3.63) is 84.4 Å². The van der Waals surface area contributed by atoms with E-state index in [9.17, 15) is 5.11 Å². The molecule has 0 fully saturated rings. The first-order chi connectivity index (χ1) is 14.3. The molecule has 29 heavy (non-hydrogen) atoms. The normalized spacial score (nSPS) is 11.4. The Hall–Kier alpha value is -4.26. The predicted molar refractivity (Wildman–Crippen MR) is 113 cm³/mol. The van der Waals surface area contributed by atoms with Gasteiger partial charge in [0.05, 0.1) is 11.9 Å².